The van der Waals surface area contributed by atoms with Crippen molar-refractivity contribution in [2.75, 3.05) is 14.2 Å². The van der Waals surface area contributed by atoms with Gasteiger partial charge < -0.3 is 9.47 Å². The molecule has 4 rings (SSSR count). The van der Waals surface area contributed by atoms with E-state index in [4.69, 9.17) is 9.47 Å². The summed E-state index contributed by atoms with van der Waals surface area (Å²) in [6, 6.07) is 18.4. The molecule has 0 spiro atoms. The van der Waals surface area contributed by atoms with Crippen LogP contribution in [0.1, 0.15) is 23.6 Å². The van der Waals surface area contributed by atoms with Gasteiger partial charge in [-0.1, -0.05) is 30.3 Å². The number of non-ortho nitro benzene ring substituents is 1. The molecule has 33 heavy (non-hydrogen) atoms. The summed E-state index contributed by atoms with van der Waals surface area (Å²) in [6.45, 7) is 0. The van der Waals surface area contributed by atoms with E-state index in [9.17, 15) is 18.5 Å². The normalized spacial score (nSPS) is 15.8. The maximum absolute atomic E-state index is 13.5. The number of hydrogen-bond donors (Lipinski definition) is 0. The van der Waals surface area contributed by atoms with Crippen molar-refractivity contribution in [1.29, 1.82) is 0 Å². The van der Waals surface area contributed by atoms with Crippen LogP contribution < -0.4 is 9.47 Å². The van der Waals surface area contributed by atoms with Crippen molar-refractivity contribution in [2.24, 2.45) is 5.10 Å². The van der Waals surface area contributed by atoms with Gasteiger partial charge in [-0.3, -0.25) is 10.1 Å². The lowest BCUT2D eigenvalue weighted by Crippen LogP contribution is -2.27. The Labute approximate surface area is 191 Å². The van der Waals surface area contributed by atoms with Crippen LogP contribution in [-0.2, 0) is 10.0 Å². The minimum atomic E-state index is -4.02. The number of nitro groups is 1. The SMILES string of the molecule is COc1ccc(C2=NN(S(=O)(=O)c3ccccc3)C(c3cccc([N+](=O)[O-])c3)C2)cc1OC. The Morgan fingerprint density at radius 2 is 1.70 bits per heavy atom. The Bertz CT molecular complexity index is 1330. The number of hydrogen-bond acceptors (Lipinski definition) is 7. The second kappa shape index (κ2) is 8.91. The predicted octanol–water partition coefficient (Wildman–Crippen LogP) is 4.15. The molecule has 1 atom stereocenters. The lowest BCUT2D eigenvalue weighted by molar-refractivity contribution is -0.384. The van der Waals surface area contributed by atoms with Crippen LogP contribution in [-0.4, -0.2) is 37.7 Å². The van der Waals surface area contributed by atoms with E-state index < -0.39 is 21.0 Å². The van der Waals surface area contributed by atoms with Gasteiger partial charge in [0.1, 0.15) is 0 Å². The number of benzene rings is 3. The first-order chi connectivity index (χ1) is 15.8. The summed E-state index contributed by atoms with van der Waals surface area (Å²) in [5.74, 6) is 1.01. The minimum Gasteiger partial charge on any atom is -0.493 e. The summed E-state index contributed by atoms with van der Waals surface area (Å²) in [6.07, 6.45) is 0.225. The van der Waals surface area contributed by atoms with Crippen LogP contribution in [0, 0.1) is 10.1 Å². The van der Waals surface area contributed by atoms with E-state index in [2.05, 4.69) is 5.10 Å². The van der Waals surface area contributed by atoms with Gasteiger partial charge in [0, 0.05) is 24.1 Å². The predicted molar refractivity (Wildman–Crippen MR) is 122 cm³/mol. The van der Waals surface area contributed by atoms with Crippen molar-refractivity contribution in [3.8, 4) is 11.5 Å². The van der Waals surface area contributed by atoms with Gasteiger partial charge in [-0.25, -0.2) is 0 Å². The van der Waals surface area contributed by atoms with Gasteiger partial charge in [0.15, 0.2) is 11.5 Å². The second-order valence-electron chi connectivity index (χ2n) is 7.28. The molecule has 9 nitrogen and oxygen atoms in total. The maximum Gasteiger partial charge on any atom is 0.279 e. The topological polar surface area (TPSA) is 111 Å². The zero-order chi connectivity index (χ0) is 23.6. The van der Waals surface area contributed by atoms with Crippen LogP contribution in [0.25, 0.3) is 0 Å². The summed E-state index contributed by atoms with van der Waals surface area (Å²) in [5.41, 5.74) is 1.52. The number of nitrogens with zero attached hydrogens (tertiary/aromatic N) is 3. The van der Waals surface area contributed by atoms with Crippen molar-refractivity contribution in [2.45, 2.75) is 17.4 Å². The second-order valence-corrected chi connectivity index (χ2v) is 9.07. The van der Waals surface area contributed by atoms with Crippen molar-refractivity contribution in [1.82, 2.24) is 4.41 Å². The molecule has 10 heteroatoms. The molecule has 1 aliphatic rings. The summed E-state index contributed by atoms with van der Waals surface area (Å²) in [4.78, 5) is 10.9. The number of methoxy groups -OCH3 is 2. The van der Waals surface area contributed by atoms with Crippen LogP contribution in [0.15, 0.2) is 82.8 Å². The van der Waals surface area contributed by atoms with Gasteiger partial charge in [0.2, 0.25) is 0 Å². The Hall–Kier alpha value is -3.92. The highest BCUT2D eigenvalue weighted by Gasteiger charge is 2.38. The van der Waals surface area contributed by atoms with E-state index in [1.807, 2.05) is 0 Å². The van der Waals surface area contributed by atoms with Gasteiger partial charge in [-0.15, -0.1) is 0 Å². The monoisotopic (exact) mass is 467 g/mol. The first-order valence-corrected chi connectivity index (χ1v) is 11.4. The minimum absolute atomic E-state index is 0.0812. The van der Waals surface area contributed by atoms with Crippen LogP contribution in [0.5, 0.6) is 11.5 Å². The molecule has 0 bridgehead atoms. The fourth-order valence-electron chi connectivity index (χ4n) is 3.69. The molecule has 0 amide bonds. The summed E-state index contributed by atoms with van der Waals surface area (Å²) in [5, 5.41) is 15.8. The molecule has 0 saturated carbocycles. The summed E-state index contributed by atoms with van der Waals surface area (Å²) < 4.78 is 38.6. The number of nitro benzene ring substituents is 1. The molecular weight excluding hydrogens is 446 g/mol. The third kappa shape index (κ3) is 4.24. The number of rotatable bonds is 7. The molecule has 3 aromatic rings. The Morgan fingerprint density at radius 1 is 0.970 bits per heavy atom. The van der Waals surface area contributed by atoms with Gasteiger partial charge in [-0.2, -0.15) is 17.9 Å². The molecule has 0 aliphatic carbocycles. The molecule has 1 aliphatic heterocycles. The third-order valence-electron chi connectivity index (χ3n) is 5.34. The maximum atomic E-state index is 13.5. The highest BCUT2D eigenvalue weighted by atomic mass is 32.2. The Morgan fingerprint density at radius 3 is 2.36 bits per heavy atom. The van der Waals surface area contributed by atoms with Crippen molar-refractivity contribution < 1.29 is 22.8 Å². The average molecular weight is 468 g/mol. The van der Waals surface area contributed by atoms with Crippen LogP contribution in [0.2, 0.25) is 0 Å². The van der Waals surface area contributed by atoms with Gasteiger partial charge in [0.05, 0.1) is 35.8 Å². The fourth-order valence-corrected chi connectivity index (χ4v) is 5.15. The van der Waals surface area contributed by atoms with Crippen LogP contribution in [0.3, 0.4) is 0 Å². The summed E-state index contributed by atoms with van der Waals surface area (Å²) >= 11 is 0. The molecule has 0 N–H and O–H groups in total. The lowest BCUT2D eigenvalue weighted by Gasteiger charge is -2.23. The Kier molecular flexibility index (Phi) is 6.01. The number of hydrazone groups is 1. The van der Waals surface area contributed by atoms with Crippen molar-refractivity contribution in [3.05, 3.63) is 94.0 Å². The van der Waals surface area contributed by atoms with E-state index >= 15 is 0 Å². The average Bonchev–Trinajstić information content (AvgIpc) is 3.31. The third-order valence-corrected chi connectivity index (χ3v) is 7.04. The molecule has 0 radical (unpaired) electrons. The molecule has 0 aromatic heterocycles. The first-order valence-electron chi connectivity index (χ1n) is 9.99. The molecule has 3 aromatic carbocycles. The van der Waals surface area contributed by atoms with Crippen LogP contribution >= 0.6 is 0 Å². The molecule has 1 unspecified atom stereocenters. The molecule has 0 fully saturated rings. The van der Waals surface area contributed by atoms with E-state index in [0.717, 1.165) is 4.41 Å². The quantitative estimate of drug-likeness (QED) is 0.381. The van der Waals surface area contributed by atoms with Gasteiger partial charge in [0.25, 0.3) is 15.7 Å². The van der Waals surface area contributed by atoms with E-state index in [0.29, 0.717) is 28.3 Å². The zero-order valence-electron chi connectivity index (χ0n) is 17.9. The molecule has 1 heterocycles. The molecule has 170 valence electrons. The van der Waals surface area contributed by atoms with E-state index in [1.54, 1.807) is 42.5 Å². The lowest BCUT2D eigenvalue weighted by atomic mass is 9.98. The van der Waals surface area contributed by atoms with E-state index in [1.165, 1.54) is 44.6 Å². The molecular formula is C23H21N3O6S. The van der Waals surface area contributed by atoms with Gasteiger partial charge >= 0.3 is 0 Å². The standard InChI is InChI=1S/C23H21N3O6S/c1-31-22-12-11-16(14-23(22)32-2)20-15-21(17-7-6-8-18(13-17)26(27)28)25(24-20)33(29,30)19-9-4-3-5-10-19/h3-14,21H,15H2,1-2H3. The number of sulfonamides is 1. The van der Waals surface area contributed by atoms with Crippen LogP contribution in [0.4, 0.5) is 5.69 Å². The van der Waals surface area contributed by atoms with E-state index in [-0.39, 0.29) is 17.0 Å². The fraction of sp³-hybridized carbons (Fsp3) is 0.174. The highest BCUT2D eigenvalue weighted by Crippen LogP contribution is 2.39. The zero-order valence-corrected chi connectivity index (χ0v) is 18.7. The first kappa shape index (κ1) is 22.3. The molecule has 0 saturated heterocycles. The summed E-state index contributed by atoms with van der Waals surface area (Å²) in [7, 11) is -0.984. The van der Waals surface area contributed by atoms with Gasteiger partial charge in [-0.05, 0) is 35.9 Å². The smallest absolute Gasteiger partial charge is 0.279 e. The Balaban J connectivity index is 1.82. The van der Waals surface area contributed by atoms with Crippen molar-refractivity contribution in [3.63, 3.8) is 0 Å². The number of ether oxygens (including phenoxy) is 2. The van der Waals surface area contributed by atoms with Crippen molar-refractivity contribution >= 4 is 21.4 Å². The highest BCUT2D eigenvalue weighted by molar-refractivity contribution is 7.89. The largest absolute Gasteiger partial charge is 0.493 e.